The van der Waals surface area contributed by atoms with Gasteiger partial charge in [-0.1, -0.05) is 22.0 Å². The number of aromatic nitrogens is 3. The van der Waals surface area contributed by atoms with Crippen molar-refractivity contribution in [2.24, 2.45) is 0 Å². The Hall–Kier alpha value is -1.69. The largest absolute Gasteiger partial charge is 0.476 e. The van der Waals surface area contributed by atoms with Gasteiger partial charge in [0.1, 0.15) is 5.69 Å². The number of benzene rings is 1. The highest BCUT2D eigenvalue weighted by molar-refractivity contribution is 9.10. The Morgan fingerprint density at radius 3 is 2.63 bits per heavy atom. The van der Waals surface area contributed by atoms with Gasteiger partial charge >= 0.3 is 5.97 Å². The maximum Gasteiger partial charge on any atom is 0.358 e. The monoisotopic (exact) mass is 323 g/mol. The first-order valence-corrected chi connectivity index (χ1v) is 6.66. The molecule has 2 rings (SSSR count). The van der Waals surface area contributed by atoms with Crippen molar-refractivity contribution in [3.63, 3.8) is 0 Å². The highest BCUT2D eigenvalue weighted by Crippen LogP contribution is 2.28. The van der Waals surface area contributed by atoms with Crippen LogP contribution in [-0.4, -0.2) is 26.1 Å². The predicted octanol–water partition coefficient (Wildman–Crippen LogP) is 3.30. The zero-order valence-corrected chi connectivity index (χ0v) is 12.5. The summed E-state index contributed by atoms with van der Waals surface area (Å²) in [6, 6.07) is 5.70. The van der Waals surface area contributed by atoms with Crippen LogP contribution in [0.1, 0.15) is 35.9 Å². The van der Waals surface area contributed by atoms with E-state index >= 15 is 0 Å². The fraction of sp³-hybridized carbons (Fsp3) is 0.308. The highest BCUT2D eigenvalue weighted by Gasteiger charge is 2.21. The number of rotatable bonds is 3. The first-order valence-electron chi connectivity index (χ1n) is 5.86. The number of hydrogen-bond donors (Lipinski definition) is 1. The van der Waals surface area contributed by atoms with Gasteiger partial charge in [0.15, 0.2) is 5.69 Å². The zero-order chi connectivity index (χ0) is 14.2. The molecule has 0 amide bonds. The van der Waals surface area contributed by atoms with Crippen LogP contribution in [0.15, 0.2) is 22.7 Å². The van der Waals surface area contributed by atoms with Crippen molar-refractivity contribution in [1.82, 2.24) is 15.0 Å². The summed E-state index contributed by atoms with van der Waals surface area (Å²) >= 11 is 3.39. The Labute approximate surface area is 119 Å². The quantitative estimate of drug-likeness (QED) is 0.941. The molecule has 2 aromatic rings. The third-order valence-electron chi connectivity index (χ3n) is 2.75. The van der Waals surface area contributed by atoms with E-state index in [1.165, 1.54) is 4.80 Å². The molecule has 1 aromatic heterocycles. The molecule has 1 N–H and O–H groups in total. The van der Waals surface area contributed by atoms with Gasteiger partial charge in [0.25, 0.3) is 0 Å². The molecule has 0 radical (unpaired) electrons. The summed E-state index contributed by atoms with van der Waals surface area (Å²) in [6.07, 6.45) is 0. The van der Waals surface area contributed by atoms with E-state index in [4.69, 9.17) is 0 Å². The molecule has 0 fully saturated rings. The molecule has 0 aliphatic rings. The van der Waals surface area contributed by atoms with Crippen molar-refractivity contribution in [2.45, 2.75) is 26.8 Å². The second-order valence-electron chi connectivity index (χ2n) is 4.58. The number of carbonyl (C=O) groups is 1. The summed E-state index contributed by atoms with van der Waals surface area (Å²) < 4.78 is 0.878. The lowest BCUT2D eigenvalue weighted by atomic mass is 10.0. The van der Waals surface area contributed by atoms with E-state index in [-0.39, 0.29) is 11.7 Å². The highest BCUT2D eigenvalue weighted by atomic mass is 79.9. The van der Waals surface area contributed by atoms with Crippen LogP contribution in [0.5, 0.6) is 0 Å². The fourth-order valence-corrected chi connectivity index (χ4v) is 2.09. The number of halogens is 1. The molecular weight excluding hydrogens is 310 g/mol. The molecule has 0 atom stereocenters. The van der Waals surface area contributed by atoms with Gasteiger partial charge in [0, 0.05) is 10.0 Å². The lowest BCUT2D eigenvalue weighted by molar-refractivity contribution is 0.0690. The van der Waals surface area contributed by atoms with Gasteiger partial charge in [0.05, 0.1) is 6.04 Å². The van der Waals surface area contributed by atoms with Gasteiger partial charge in [0.2, 0.25) is 0 Å². The number of carboxylic acid groups (broad SMARTS) is 1. The minimum atomic E-state index is -1.07. The van der Waals surface area contributed by atoms with Crippen LogP contribution in [0.4, 0.5) is 0 Å². The predicted molar refractivity (Wildman–Crippen MR) is 75.2 cm³/mol. The molecule has 0 bridgehead atoms. The Morgan fingerprint density at radius 2 is 2.05 bits per heavy atom. The van der Waals surface area contributed by atoms with Crippen molar-refractivity contribution < 1.29 is 9.90 Å². The number of aryl methyl sites for hydroxylation is 1. The molecule has 0 unspecified atom stereocenters. The summed E-state index contributed by atoms with van der Waals surface area (Å²) in [4.78, 5) is 12.7. The van der Waals surface area contributed by atoms with Crippen molar-refractivity contribution in [2.75, 3.05) is 0 Å². The second-order valence-corrected chi connectivity index (χ2v) is 5.49. The Bertz CT molecular complexity index is 635. The molecule has 6 heteroatoms. The minimum absolute atomic E-state index is 0.0132. The normalized spacial score (nSPS) is 11.0. The third kappa shape index (κ3) is 2.68. The fourth-order valence-electron chi connectivity index (χ4n) is 1.73. The number of carboxylic acids is 1. The molecule has 1 aromatic carbocycles. The maximum atomic E-state index is 11.3. The maximum absolute atomic E-state index is 11.3. The van der Waals surface area contributed by atoms with Crippen molar-refractivity contribution in [1.29, 1.82) is 0 Å². The first kappa shape index (κ1) is 13.7. The number of nitrogens with zero attached hydrogens (tertiary/aromatic N) is 3. The number of hydrogen-bond acceptors (Lipinski definition) is 3. The van der Waals surface area contributed by atoms with E-state index in [0.717, 1.165) is 15.6 Å². The Balaban J connectivity index is 2.66. The standard InChI is InChI=1S/C13H14BrN3O2/c1-7(2)17-15-11(12(16-17)13(18)19)10-6-9(14)5-4-8(10)3/h4-7H,1-3H3,(H,18,19). The molecule has 1 heterocycles. The lowest BCUT2D eigenvalue weighted by Crippen LogP contribution is -2.06. The molecule has 0 spiro atoms. The number of aromatic carboxylic acids is 1. The molecule has 0 saturated heterocycles. The Kier molecular flexibility index (Phi) is 3.71. The van der Waals surface area contributed by atoms with Gasteiger partial charge < -0.3 is 5.11 Å². The van der Waals surface area contributed by atoms with E-state index in [1.807, 2.05) is 39.0 Å². The summed E-state index contributed by atoms with van der Waals surface area (Å²) in [5.41, 5.74) is 2.12. The summed E-state index contributed by atoms with van der Waals surface area (Å²) in [7, 11) is 0. The van der Waals surface area contributed by atoms with Crippen LogP contribution in [0.25, 0.3) is 11.3 Å². The Morgan fingerprint density at radius 1 is 1.37 bits per heavy atom. The summed E-state index contributed by atoms with van der Waals surface area (Å²) in [5, 5.41) is 17.6. The van der Waals surface area contributed by atoms with E-state index < -0.39 is 5.97 Å². The van der Waals surface area contributed by atoms with Crippen LogP contribution >= 0.6 is 15.9 Å². The van der Waals surface area contributed by atoms with Gasteiger partial charge in [-0.25, -0.2) is 4.79 Å². The topological polar surface area (TPSA) is 68.0 Å². The van der Waals surface area contributed by atoms with Gasteiger partial charge in [-0.3, -0.25) is 0 Å². The van der Waals surface area contributed by atoms with Crippen molar-refractivity contribution in [3.05, 3.63) is 33.9 Å². The van der Waals surface area contributed by atoms with Crippen molar-refractivity contribution in [3.8, 4) is 11.3 Å². The van der Waals surface area contributed by atoms with Gasteiger partial charge in [-0.2, -0.15) is 9.90 Å². The van der Waals surface area contributed by atoms with Crippen LogP contribution in [0.2, 0.25) is 0 Å². The van der Waals surface area contributed by atoms with Crippen LogP contribution in [0, 0.1) is 6.92 Å². The average Bonchev–Trinajstić information content (AvgIpc) is 2.77. The zero-order valence-electron chi connectivity index (χ0n) is 10.9. The second kappa shape index (κ2) is 5.13. The van der Waals surface area contributed by atoms with E-state index in [9.17, 15) is 9.90 Å². The van der Waals surface area contributed by atoms with Gasteiger partial charge in [-0.15, -0.1) is 5.10 Å². The average molecular weight is 324 g/mol. The summed E-state index contributed by atoms with van der Waals surface area (Å²) in [5.74, 6) is -1.07. The molecule has 19 heavy (non-hydrogen) atoms. The molecule has 5 nitrogen and oxygen atoms in total. The van der Waals surface area contributed by atoms with Crippen LogP contribution < -0.4 is 0 Å². The van der Waals surface area contributed by atoms with Crippen molar-refractivity contribution >= 4 is 21.9 Å². The molecule has 0 aliphatic carbocycles. The van der Waals surface area contributed by atoms with E-state index in [1.54, 1.807) is 0 Å². The van der Waals surface area contributed by atoms with Crippen LogP contribution in [-0.2, 0) is 0 Å². The lowest BCUT2D eigenvalue weighted by Gasteiger charge is -2.04. The van der Waals surface area contributed by atoms with Crippen LogP contribution in [0.3, 0.4) is 0 Å². The third-order valence-corrected chi connectivity index (χ3v) is 3.24. The SMILES string of the molecule is Cc1ccc(Br)cc1-c1nn(C(C)C)nc1C(=O)O. The summed E-state index contributed by atoms with van der Waals surface area (Å²) in [6.45, 7) is 5.73. The van der Waals surface area contributed by atoms with Gasteiger partial charge in [-0.05, 0) is 38.5 Å². The minimum Gasteiger partial charge on any atom is -0.476 e. The molecule has 0 saturated carbocycles. The van der Waals surface area contributed by atoms with E-state index in [0.29, 0.717) is 5.69 Å². The van der Waals surface area contributed by atoms with E-state index in [2.05, 4.69) is 26.1 Å². The molecule has 0 aliphatic heterocycles. The smallest absolute Gasteiger partial charge is 0.358 e. The molecule has 100 valence electrons. The molecular formula is C13H14BrN3O2. The first-order chi connectivity index (χ1) is 8.90.